The molecule has 1 aromatic carbocycles. The van der Waals surface area contributed by atoms with E-state index in [2.05, 4.69) is 70.5 Å². The van der Waals surface area contributed by atoms with Gasteiger partial charge >= 0.3 is 0 Å². The minimum absolute atomic E-state index is 0. The van der Waals surface area contributed by atoms with Gasteiger partial charge < -0.3 is 10.6 Å². The van der Waals surface area contributed by atoms with E-state index in [4.69, 9.17) is 0 Å². The molecule has 2 atom stereocenters. The van der Waals surface area contributed by atoms with Crippen LogP contribution >= 0.6 is 24.0 Å². The molecular formula is C22H32IN5. The lowest BCUT2D eigenvalue weighted by molar-refractivity contribution is 0.265. The van der Waals surface area contributed by atoms with Gasteiger partial charge in [0.05, 0.1) is 5.69 Å². The number of nitrogens with one attached hydrogen (secondary N) is 2. The van der Waals surface area contributed by atoms with E-state index in [9.17, 15) is 0 Å². The molecule has 1 saturated heterocycles. The zero-order valence-electron chi connectivity index (χ0n) is 17.2. The van der Waals surface area contributed by atoms with E-state index < -0.39 is 0 Å². The normalized spacial score (nSPS) is 20.1. The second-order valence-electron chi connectivity index (χ2n) is 7.62. The monoisotopic (exact) mass is 493 g/mol. The van der Waals surface area contributed by atoms with Crippen molar-refractivity contribution < 1.29 is 0 Å². The van der Waals surface area contributed by atoms with E-state index in [0.717, 1.165) is 36.9 Å². The number of guanidine groups is 1. The largest absolute Gasteiger partial charge is 0.352 e. The smallest absolute Gasteiger partial charge is 0.191 e. The average Bonchev–Trinajstić information content (AvgIpc) is 3.07. The molecule has 2 unspecified atom stereocenters. The quantitative estimate of drug-likeness (QED) is 0.379. The predicted molar refractivity (Wildman–Crippen MR) is 128 cm³/mol. The average molecular weight is 493 g/mol. The summed E-state index contributed by atoms with van der Waals surface area (Å²) in [6, 6.07) is 15.5. The molecule has 2 heterocycles. The summed E-state index contributed by atoms with van der Waals surface area (Å²) in [5, 5.41) is 7.06. The highest BCUT2D eigenvalue weighted by Crippen LogP contribution is 2.19. The van der Waals surface area contributed by atoms with Gasteiger partial charge in [-0.15, -0.1) is 24.0 Å². The summed E-state index contributed by atoms with van der Waals surface area (Å²) in [6.07, 6.45) is 1.83. The van der Waals surface area contributed by atoms with Gasteiger partial charge in [-0.25, -0.2) is 0 Å². The summed E-state index contributed by atoms with van der Waals surface area (Å²) in [4.78, 5) is 11.4. The second-order valence-corrected chi connectivity index (χ2v) is 7.62. The van der Waals surface area contributed by atoms with Crippen LogP contribution in [0.5, 0.6) is 0 Å². The van der Waals surface area contributed by atoms with Crippen molar-refractivity contribution in [1.29, 1.82) is 0 Å². The molecule has 152 valence electrons. The molecule has 2 N–H and O–H groups in total. The molecule has 5 nitrogen and oxygen atoms in total. The van der Waals surface area contributed by atoms with Crippen LogP contribution < -0.4 is 10.6 Å². The lowest BCUT2D eigenvalue weighted by Crippen LogP contribution is -2.46. The van der Waals surface area contributed by atoms with E-state index in [0.29, 0.717) is 18.0 Å². The van der Waals surface area contributed by atoms with E-state index in [1.54, 1.807) is 0 Å². The van der Waals surface area contributed by atoms with Crippen molar-refractivity contribution in [3.8, 4) is 11.3 Å². The Hall–Kier alpha value is -1.67. The van der Waals surface area contributed by atoms with Crippen molar-refractivity contribution in [2.45, 2.75) is 39.4 Å². The molecule has 2 aromatic rings. The summed E-state index contributed by atoms with van der Waals surface area (Å²) >= 11 is 0. The first kappa shape index (κ1) is 22.6. The maximum Gasteiger partial charge on any atom is 0.191 e. The third kappa shape index (κ3) is 5.91. The number of pyridine rings is 1. The number of aromatic nitrogens is 1. The van der Waals surface area contributed by atoms with Crippen LogP contribution in [0.2, 0.25) is 0 Å². The highest BCUT2D eigenvalue weighted by Gasteiger charge is 2.31. The standard InChI is InChI=1S/C22H31N5.HI/c1-16(2)27-14-17(3)21(15-27)26-22(23-4)25-13-18-8-7-9-19(12-18)20-10-5-6-11-24-20;/h5-12,16-17,21H,13-15H2,1-4H3,(H2,23,25,26);1H. The van der Waals surface area contributed by atoms with Crippen molar-refractivity contribution in [2.24, 2.45) is 10.9 Å². The van der Waals surface area contributed by atoms with Crippen molar-refractivity contribution in [3.05, 3.63) is 54.2 Å². The van der Waals surface area contributed by atoms with Gasteiger partial charge in [-0.2, -0.15) is 0 Å². The van der Waals surface area contributed by atoms with E-state index in [1.807, 2.05) is 31.4 Å². The number of rotatable bonds is 5. The van der Waals surface area contributed by atoms with Crippen LogP contribution in [-0.4, -0.2) is 48.1 Å². The summed E-state index contributed by atoms with van der Waals surface area (Å²) in [7, 11) is 1.83. The molecular weight excluding hydrogens is 461 g/mol. The molecule has 0 spiro atoms. The molecule has 1 aromatic heterocycles. The van der Waals surface area contributed by atoms with Gasteiger partial charge in [-0.05, 0) is 43.5 Å². The Bertz CT molecular complexity index is 763. The van der Waals surface area contributed by atoms with Crippen LogP contribution in [0.1, 0.15) is 26.3 Å². The zero-order valence-corrected chi connectivity index (χ0v) is 19.6. The second kappa shape index (κ2) is 10.8. The fourth-order valence-electron chi connectivity index (χ4n) is 3.54. The van der Waals surface area contributed by atoms with Gasteiger partial charge in [0.1, 0.15) is 0 Å². The lowest BCUT2D eigenvalue weighted by Gasteiger charge is -2.22. The van der Waals surface area contributed by atoms with Gasteiger partial charge in [-0.1, -0.05) is 31.2 Å². The van der Waals surface area contributed by atoms with Crippen molar-refractivity contribution in [3.63, 3.8) is 0 Å². The number of aliphatic imine (C=N–C) groups is 1. The number of hydrogen-bond acceptors (Lipinski definition) is 3. The molecule has 3 rings (SSSR count). The van der Waals surface area contributed by atoms with E-state index in [1.165, 1.54) is 5.56 Å². The maximum absolute atomic E-state index is 4.44. The molecule has 0 bridgehead atoms. The van der Waals surface area contributed by atoms with Crippen LogP contribution in [0.15, 0.2) is 53.7 Å². The van der Waals surface area contributed by atoms with Gasteiger partial charge in [0, 0.05) is 50.5 Å². The minimum Gasteiger partial charge on any atom is -0.352 e. The third-order valence-electron chi connectivity index (χ3n) is 5.26. The van der Waals surface area contributed by atoms with Crippen molar-refractivity contribution in [2.75, 3.05) is 20.1 Å². The summed E-state index contributed by atoms with van der Waals surface area (Å²) in [6.45, 7) is 9.76. The fraction of sp³-hybridized carbons (Fsp3) is 0.455. The predicted octanol–water partition coefficient (Wildman–Crippen LogP) is 3.76. The third-order valence-corrected chi connectivity index (χ3v) is 5.26. The van der Waals surface area contributed by atoms with Gasteiger partial charge in [0.2, 0.25) is 0 Å². The summed E-state index contributed by atoms with van der Waals surface area (Å²) < 4.78 is 0. The first-order chi connectivity index (χ1) is 13.1. The van der Waals surface area contributed by atoms with Crippen LogP contribution in [0.3, 0.4) is 0 Å². The first-order valence-electron chi connectivity index (χ1n) is 9.78. The highest BCUT2D eigenvalue weighted by atomic mass is 127. The Morgan fingerprint density at radius 1 is 1.21 bits per heavy atom. The molecule has 0 amide bonds. The minimum atomic E-state index is 0. The van der Waals surface area contributed by atoms with E-state index >= 15 is 0 Å². The Balaban J connectivity index is 0.00000280. The molecule has 1 fully saturated rings. The van der Waals surface area contributed by atoms with Gasteiger partial charge in [0.15, 0.2) is 5.96 Å². The number of nitrogens with zero attached hydrogens (tertiary/aromatic N) is 3. The highest BCUT2D eigenvalue weighted by molar-refractivity contribution is 14.0. The van der Waals surface area contributed by atoms with E-state index in [-0.39, 0.29) is 24.0 Å². The fourth-order valence-corrected chi connectivity index (χ4v) is 3.54. The Labute approximate surface area is 186 Å². The Kier molecular flexibility index (Phi) is 8.69. The number of benzene rings is 1. The molecule has 1 aliphatic heterocycles. The van der Waals surface area contributed by atoms with Crippen LogP contribution in [0.25, 0.3) is 11.3 Å². The first-order valence-corrected chi connectivity index (χ1v) is 9.78. The number of halogens is 1. The SMILES string of the molecule is CN=C(NCc1cccc(-c2ccccn2)c1)NC1CN(C(C)C)CC1C.I. The lowest BCUT2D eigenvalue weighted by atomic mass is 10.1. The summed E-state index contributed by atoms with van der Waals surface area (Å²) in [5.41, 5.74) is 3.34. The van der Waals surface area contributed by atoms with Crippen molar-refractivity contribution in [1.82, 2.24) is 20.5 Å². The van der Waals surface area contributed by atoms with Gasteiger partial charge in [-0.3, -0.25) is 14.9 Å². The molecule has 6 heteroatoms. The van der Waals surface area contributed by atoms with Crippen molar-refractivity contribution >= 4 is 29.9 Å². The van der Waals surface area contributed by atoms with Crippen LogP contribution in [-0.2, 0) is 6.54 Å². The summed E-state index contributed by atoms with van der Waals surface area (Å²) in [5.74, 6) is 1.47. The number of likely N-dealkylation sites (tertiary alicyclic amines) is 1. The topological polar surface area (TPSA) is 52.6 Å². The Morgan fingerprint density at radius 3 is 2.68 bits per heavy atom. The molecule has 28 heavy (non-hydrogen) atoms. The molecule has 1 aliphatic rings. The zero-order chi connectivity index (χ0) is 19.2. The molecule has 0 radical (unpaired) electrons. The van der Waals surface area contributed by atoms with Crippen LogP contribution in [0.4, 0.5) is 0 Å². The van der Waals surface area contributed by atoms with Crippen LogP contribution in [0, 0.1) is 5.92 Å². The number of hydrogen-bond donors (Lipinski definition) is 2. The molecule has 0 saturated carbocycles. The molecule has 0 aliphatic carbocycles. The Morgan fingerprint density at radius 2 is 2.04 bits per heavy atom. The van der Waals surface area contributed by atoms with Gasteiger partial charge in [0.25, 0.3) is 0 Å². The maximum atomic E-state index is 4.44.